The highest BCUT2D eigenvalue weighted by molar-refractivity contribution is 7.90. The normalized spacial score (nSPS) is 10.5. The Kier molecular flexibility index (Phi) is 4.13. The largest absolute Gasteiger partial charge is 0.370 e. The summed E-state index contributed by atoms with van der Waals surface area (Å²) in [6.07, 6.45) is 0.689. The molecule has 0 radical (unpaired) electrons. The predicted octanol–water partition coefficient (Wildman–Crippen LogP) is 1.15. The molecule has 0 atom stereocenters. The van der Waals surface area contributed by atoms with Crippen molar-refractivity contribution in [2.45, 2.75) is 18.2 Å². The molecule has 0 saturated heterocycles. The van der Waals surface area contributed by atoms with Gasteiger partial charge in [0.25, 0.3) is 10.0 Å². The Morgan fingerprint density at radius 2 is 2.11 bits per heavy atom. The predicted molar refractivity (Wildman–Crippen MR) is 67.6 cm³/mol. The topological polar surface area (TPSA) is 147 Å². The van der Waals surface area contributed by atoms with Gasteiger partial charge in [-0.05, 0) is 29.6 Å². The number of azide groups is 1. The first-order chi connectivity index (χ1) is 8.40. The van der Waals surface area contributed by atoms with Crippen molar-refractivity contribution >= 4 is 21.7 Å². The van der Waals surface area contributed by atoms with Gasteiger partial charge < -0.3 is 11.5 Å². The van der Waals surface area contributed by atoms with E-state index in [2.05, 4.69) is 14.4 Å². The summed E-state index contributed by atoms with van der Waals surface area (Å²) >= 11 is 0. The second-order valence-corrected chi connectivity index (χ2v) is 4.89. The van der Waals surface area contributed by atoms with Crippen LogP contribution in [0.3, 0.4) is 0 Å². The summed E-state index contributed by atoms with van der Waals surface area (Å²) in [5.41, 5.74) is 19.6. The average Bonchev–Trinajstić information content (AvgIpc) is 2.27. The van der Waals surface area contributed by atoms with Crippen LogP contribution in [0.4, 0.5) is 5.69 Å². The first kappa shape index (κ1) is 13.8. The Morgan fingerprint density at radius 3 is 2.61 bits per heavy atom. The number of guanidine groups is 1. The van der Waals surface area contributed by atoms with Crippen LogP contribution in [0.15, 0.2) is 32.6 Å². The Balaban J connectivity index is 3.54. The van der Waals surface area contributed by atoms with Gasteiger partial charge in [-0.25, -0.2) is 13.4 Å². The monoisotopic (exact) mass is 268 g/mol. The molecule has 9 heteroatoms. The van der Waals surface area contributed by atoms with Gasteiger partial charge in [-0.3, -0.25) is 0 Å². The van der Waals surface area contributed by atoms with E-state index >= 15 is 0 Å². The third-order valence-corrected chi connectivity index (χ3v) is 3.29. The van der Waals surface area contributed by atoms with Crippen LogP contribution in [-0.2, 0) is 16.4 Å². The highest BCUT2D eigenvalue weighted by atomic mass is 32.2. The van der Waals surface area contributed by atoms with E-state index in [0.29, 0.717) is 6.42 Å². The summed E-state index contributed by atoms with van der Waals surface area (Å²) in [5, 5.41) is 0. The van der Waals surface area contributed by atoms with Gasteiger partial charge in [0.15, 0.2) is 5.96 Å². The lowest BCUT2D eigenvalue weighted by Gasteiger charge is -2.05. The SMILES string of the molecule is CCc1ccc(S(=O)(=O)N=[N+]=[N-])c(N=C(N)N)c1. The van der Waals surface area contributed by atoms with E-state index in [9.17, 15) is 8.42 Å². The summed E-state index contributed by atoms with van der Waals surface area (Å²) in [5.74, 6) is -0.277. The third-order valence-electron chi connectivity index (χ3n) is 2.10. The Morgan fingerprint density at radius 1 is 1.44 bits per heavy atom. The van der Waals surface area contributed by atoms with E-state index in [1.165, 1.54) is 12.1 Å². The molecule has 0 aliphatic carbocycles. The van der Waals surface area contributed by atoms with Crippen LogP contribution in [0.1, 0.15) is 12.5 Å². The Labute approximate surface area is 104 Å². The van der Waals surface area contributed by atoms with Crippen molar-refractivity contribution in [2.24, 2.45) is 21.0 Å². The summed E-state index contributed by atoms with van der Waals surface area (Å²) in [6, 6.07) is 4.44. The van der Waals surface area contributed by atoms with Crippen LogP contribution in [0, 0.1) is 0 Å². The number of nitrogens with zero attached hydrogens (tertiary/aromatic N) is 4. The zero-order valence-corrected chi connectivity index (χ0v) is 10.4. The summed E-state index contributed by atoms with van der Waals surface area (Å²) in [7, 11) is -4.12. The third kappa shape index (κ3) is 3.12. The molecule has 96 valence electrons. The van der Waals surface area contributed by atoms with E-state index in [-0.39, 0.29) is 16.5 Å². The molecule has 0 aromatic heterocycles. The first-order valence-corrected chi connectivity index (χ1v) is 6.38. The molecule has 0 bridgehead atoms. The van der Waals surface area contributed by atoms with Crippen LogP contribution < -0.4 is 11.5 Å². The molecule has 1 rings (SSSR count). The molecule has 0 aliphatic heterocycles. The smallest absolute Gasteiger partial charge is 0.266 e. The number of aliphatic imine (C=N–C) groups is 1. The van der Waals surface area contributed by atoms with Crippen LogP contribution in [0.5, 0.6) is 0 Å². The molecular weight excluding hydrogens is 256 g/mol. The van der Waals surface area contributed by atoms with Crippen molar-refractivity contribution in [1.29, 1.82) is 0 Å². The molecule has 0 amide bonds. The minimum Gasteiger partial charge on any atom is -0.370 e. The summed E-state index contributed by atoms with van der Waals surface area (Å²) in [6.45, 7) is 1.90. The van der Waals surface area contributed by atoms with Crippen molar-refractivity contribution in [3.63, 3.8) is 0 Å². The maximum absolute atomic E-state index is 11.7. The van der Waals surface area contributed by atoms with Crippen LogP contribution in [-0.4, -0.2) is 14.4 Å². The minimum absolute atomic E-state index is 0.0572. The van der Waals surface area contributed by atoms with Gasteiger partial charge in [0.2, 0.25) is 0 Å². The molecule has 0 heterocycles. The molecule has 0 spiro atoms. The second kappa shape index (κ2) is 5.39. The fourth-order valence-corrected chi connectivity index (χ4v) is 2.11. The molecule has 4 N–H and O–H groups in total. The maximum atomic E-state index is 11.7. The number of hydrogen-bond acceptors (Lipinski definition) is 3. The van der Waals surface area contributed by atoms with Gasteiger partial charge in [-0.2, -0.15) is 0 Å². The standard InChI is InChI=1S/C9H12N6O2S/c1-2-6-3-4-8(18(16,17)15-14-12)7(5-6)13-9(10)11/h3-5H,2H2,1H3,(H4,10,11,13). The maximum Gasteiger partial charge on any atom is 0.266 e. The van der Waals surface area contributed by atoms with Crippen molar-refractivity contribution in [3.05, 3.63) is 34.2 Å². The fourth-order valence-electron chi connectivity index (χ4n) is 1.32. The molecule has 18 heavy (non-hydrogen) atoms. The van der Waals surface area contributed by atoms with E-state index < -0.39 is 10.0 Å². The minimum atomic E-state index is -4.12. The summed E-state index contributed by atoms with van der Waals surface area (Å²) < 4.78 is 26.1. The Hall–Kier alpha value is -2.25. The molecule has 8 nitrogen and oxygen atoms in total. The lowest BCUT2D eigenvalue weighted by Crippen LogP contribution is -2.22. The molecule has 0 saturated carbocycles. The Bertz CT molecular complexity index is 626. The number of nitrogens with two attached hydrogens (primary N) is 2. The fraction of sp³-hybridized carbons (Fsp3) is 0.222. The quantitative estimate of drug-likeness (QED) is 0.277. The number of sulfonamides is 1. The van der Waals surface area contributed by atoms with E-state index in [1.807, 2.05) is 6.92 Å². The van der Waals surface area contributed by atoms with E-state index in [4.69, 9.17) is 17.0 Å². The van der Waals surface area contributed by atoms with Gasteiger partial charge in [0.05, 0.1) is 5.69 Å². The zero-order chi connectivity index (χ0) is 13.8. The van der Waals surface area contributed by atoms with Gasteiger partial charge in [0.1, 0.15) is 4.90 Å². The van der Waals surface area contributed by atoms with Crippen LogP contribution in [0.25, 0.3) is 10.4 Å². The second-order valence-electron chi connectivity index (χ2n) is 3.34. The van der Waals surface area contributed by atoms with Gasteiger partial charge in [-0.1, -0.05) is 13.0 Å². The van der Waals surface area contributed by atoms with E-state index in [1.54, 1.807) is 6.07 Å². The number of hydrogen-bond donors (Lipinski definition) is 2. The zero-order valence-electron chi connectivity index (χ0n) is 9.61. The molecule has 0 fully saturated rings. The van der Waals surface area contributed by atoms with Gasteiger partial charge >= 0.3 is 0 Å². The molecule has 0 unspecified atom stereocenters. The van der Waals surface area contributed by atoms with Gasteiger partial charge in [0, 0.05) is 9.43 Å². The van der Waals surface area contributed by atoms with Crippen molar-refractivity contribution in [2.75, 3.05) is 0 Å². The first-order valence-electron chi connectivity index (χ1n) is 4.94. The molecule has 0 aliphatic rings. The lowest BCUT2D eigenvalue weighted by atomic mass is 10.1. The van der Waals surface area contributed by atoms with Crippen molar-refractivity contribution in [3.8, 4) is 0 Å². The average molecular weight is 268 g/mol. The molecule has 1 aromatic carbocycles. The highest BCUT2D eigenvalue weighted by Gasteiger charge is 2.17. The summed E-state index contributed by atoms with van der Waals surface area (Å²) in [4.78, 5) is 5.77. The van der Waals surface area contributed by atoms with Gasteiger partial charge in [-0.15, -0.1) is 0 Å². The number of benzene rings is 1. The van der Waals surface area contributed by atoms with E-state index in [0.717, 1.165) is 5.56 Å². The highest BCUT2D eigenvalue weighted by Crippen LogP contribution is 2.27. The number of rotatable bonds is 4. The van der Waals surface area contributed by atoms with Crippen LogP contribution in [0.2, 0.25) is 0 Å². The van der Waals surface area contributed by atoms with Crippen LogP contribution >= 0.6 is 0 Å². The molecule has 1 aromatic rings. The van der Waals surface area contributed by atoms with Crippen molar-refractivity contribution in [1.82, 2.24) is 0 Å². The van der Waals surface area contributed by atoms with Crippen molar-refractivity contribution < 1.29 is 8.42 Å². The number of aryl methyl sites for hydroxylation is 1. The molecular formula is C9H12N6O2S. The lowest BCUT2D eigenvalue weighted by molar-refractivity contribution is 0.597.